The molecule has 0 aliphatic heterocycles. The largest absolute Gasteiger partial charge is 0.444 e. The van der Waals surface area contributed by atoms with Crippen LogP contribution in [-0.4, -0.2) is 15.9 Å². The Hall–Kier alpha value is -2.58. The number of carbonyl (C=O) groups is 1. The van der Waals surface area contributed by atoms with Gasteiger partial charge in [0.15, 0.2) is 15.6 Å². The summed E-state index contributed by atoms with van der Waals surface area (Å²) in [4.78, 5) is 23.2. The Morgan fingerprint density at radius 2 is 2.12 bits per heavy atom. The Labute approximate surface area is 160 Å². The van der Waals surface area contributed by atoms with Gasteiger partial charge < -0.3 is 4.42 Å². The van der Waals surface area contributed by atoms with Crippen molar-refractivity contribution >= 4 is 48.5 Å². The Morgan fingerprint density at radius 1 is 1.23 bits per heavy atom. The van der Waals surface area contributed by atoms with Crippen molar-refractivity contribution < 1.29 is 13.6 Å². The van der Waals surface area contributed by atoms with Gasteiger partial charge in [0, 0.05) is 6.20 Å². The van der Waals surface area contributed by atoms with Gasteiger partial charge in [-0.15, -0.1) is 0 Å². The molecule has 0 bridgehead atoms. The van der Waals surface area contributed by atoms with Gasteiger partial charge in [-0.25, -0.2) is 9.37 Å². The fraction of sp³-hybridized carbons (Fsp3) is 0.0556. The first-order valence-electron chi connectivity index (χ1n) is 7.63. The highest BCUT2D eigenvalue weighted by atomic mass is 79.9. The first-order chi connectivity index (χ1) is 12.6. The maximum absolute atomic E-state index is 13.5. The number of anilines is 1. The van der Waals surface area contributed by atoms with Crippen LogP contribution in [-0.2, 0) is 6.54 Å². The lowest BCUT2D eigenvalue weighted by Gasteiger charge is -2.18. The van der Waals surface area contributed by atoms with E-state index < -0.39 is 0 Å². The molecule has 4 aromatic rings. The van der Waals surface area contributed by atoms with Crippen LogP contribution in [0, 0.1) is 5.82 Å². The van der Waals surface area contributed by atoms with Gasteiger partial charge in [0.25, 0.3) is 5.91 Å². The predicted octanol–water partition coefficient (Wildman–Crippen LogP) is 5.03. The van der Waals surface area contributed by atoms with Gasteiger partial charge >= 0.3 is 0 Å². The van der Waals surface area contributed by atoms with E-state index in [0.717, 1.165) is 0 Å². The molecule has 0 atom stereocenters. The molecule has 0 radical (unpaired) electrons. The summed E-state index contributed by atoms with van der Waals surface area (Å²) in [7, 11) is 0. The van der Waals surface area contributed by atoms with Gasteiger partial charge in [0.2, 0.25) is 0 Å². The highest BCUT2D eigenvalue weighted by Gasteiger charge is 2.24. The number of pyridine rings is 1. The van der Waals surface area contributed by atoms with E-state index in [0.29, 0.717) is 25.7 Å². The van der Waals surface area contributed by atoms with E-state index in [1.807, 2.05) is 12.1 Å². The molecule has 26 heavy (non-hydrogen) atoms. The van der Waals surface area contributed by atoms with Crippen molar-refractivity contribution in [2.75, 3.05) is 4.90 Å². The highest BCUT2D eigenvalue weighted by molar-refractivity contribution is 9.10. The lowest BCUT2D eigenvalue weighted by Crippen LogP contribution is -2.30. The van der Waals surface area contributed by atoms with Crippen LogP contribution >= 0.6 is 27.3 Å². The van der Waals surface area contributed by atoms with E-state index >= 15 is 0 Å². The maximum atomic E-state index is 13.5. The van der Waals surface area contributed by atoms with Crippen LogP contribution in [0.15, 0.2) is 63.8 Å². The molecule has 3 aromatic heterocycles. The maximum Gasteiger partial charge on any atom is 0.296 e. The molecule has 130 valence electrons. The van der Waals surface area contributed by atoms with Gasteiger partial charge in [-0.1, -0.05) is 17.4 Å². The van der Waals surface area contributed by atoms with Gasteiger partial charge in [-0.2, -0.15) is 0 Å². The van der Waals surface area contributed by atoms with Crippen molar-refractivity contribution in [2.45, 2.75) is 6.54 Å². The van der Waals surface area contributed by atoms with Crippen molar-refractivity contribution in [3.8, 4) is 0 Å². The third kappa shape index (κ3) is 3.38. The van der Waals surface area contributed by atoms with Crippen LogP contribution < -0.4 is 4.90 Å². The average molecular weight is 432 g/mol. The average Bonchev–Trinajstić information content (AvgIpc) is 3.25. The number of benzene rings is 1. The summed E-state index contributed by atoms with van der Waals surface area (Å²) in [6, 6.07) is 13.1. The summed E-state index contributed by atoms with van der Waals surface area (Å²) in [6.45, 7) is 0.223. The number of amides is 1. The zero-order valence-corrected chi connectivity index (χ0v) is 15.6. The topological polar surface area (TPSA) is 59.2 Å². The van der Waals surface area contributed by atoms with E-state index in [-0.39, 0.29) is 24.0 Å². The lowest BCUT2D eigenvalue weighted by molar-refractivity contribution is 0.0957. The summed E-state index contributed by atoms with van der Waals surface area (Å²) in [5, 5.41) is 0.453. The fourth-order valence-corrected chi connectivity index (χ4v) is 3.74. The van der Waals surface area contributed by atoms with Crippen molar-refractivity contribution in [1.82, 2.24) is 9.97 Å². The third-order valence-corrected chi connectivity index (χ3v) is 5.11. The monoisotopic (exact) mass is 431 g/mol. The quantitative estimate of drug-likeness (QED) is 0.454. The molecule has 1 amide bonds. The Bertz CT molecular complexity index is 1080. The molecule has 5 nitrogen and oxygen atoms in total. The van der Waals surface area contributed by atoms with Gasteiger partial charge in [-0.3, -0.25) is 14.7 Å². The minimum Gasteiger partial charge on any atom is -0.444 e. The molecule has 0 saturated carbocycles. The van der Waals surface area contributed by atoms with Crippen molar-refractivity contribution in [3.63, 3.8) is 0 Å². The normalized spacial score (nSPS) is 11.0. The van der Waals surface area contributed by atoms with Crippen molar-refractivity contribution in [3.05, 3.63) is 76.7 Å². The van der Waals surface area contributed by atoms with Crippen LogP contribution in [0.4, 0.5) is 9.52 Å². The smallest absolute Gasteiger partial charge is 0.296 e. The molecule has 4 rings (SSSR count). The van der Waals surface area contributed by atoms with E-state index in [9.17, 15) is 9.18 Å². The number of furan rings is 1. The number of carbonyl (C=O) groups excluding carboxylic acids is 1. The highest BCUT2D eigenvalue weighted by Crippen LogP contribution is 2.31. The third-order valence-electron chi connectivity index (χ3n) is 3.65. The first-order valence-corrected chi connectivity index (χ1v) is 9.24. The summed E-state index contributed by atoms with van der Waals surface area (Å²) in [5.41, 5.74) is 1.34. The first kappa shape index (κ1) is 16.9. The molecule has 0 N–H and O–H groups in total. The van der Waals surface area contributed by atoms with Crippen LogP contribution in [0.5, 0.6) is 0 Å². The van der Waals surface area contributed by atoms with E-state index in [2.05, 4.69) is 25.9 Å². The van der Waals surface area contributed by atoms with Crippen molar-refractivity contribution in [2.24, 2.45) is 0 Å². The summed E-state index contributed by atoms with van der Waals surface area (Å²) in [6.07, 6.45) is 1.66. The number of nitrogens with zero attached hydrogens (tertiary/aromatic N) is 3. The zero-order valence-electron chi connectivity index (χ0n) is 13.2. The van der Waals surface area contributed by atoms with Crippen LogP contribution in [0.1, 0.15) is 16.2 Å². The Kier molecular flexibility index (Phi) is 4.52. The minimum absolute atomic E-state index is 0.179. The van der Waals surface area contributed by atoms with E-state index in [1.54, 1.807) is 30.5 Å². The molecule has 0 unspecified atom stereocenters. The molecule has 0 saturated heterocycles. The molecule has 0 aliphatic carbocycles. The summed E-state index contributed by atoms with van der Waals surface area (Å²) in [5.74, 6) is -0.510. The number of hydrogen-bond acceptors (Lipinski definition) is 5. The van der Waals surface area contributed by atoms with Gasteiger partial charge in [0.05, 0.1) is 22.5 Å². The second-order valence-corrected chi connectivity index (χ2v) is 7.22. The van der Waals surface area contributed by atoms with Crippen LogP contribution in [0.25, 0.3) is 10.2 Å². The summed E-state index contributed by atoms with van der Waals surface area (Å²) >= 11 is 4.45. The lowest BCUT2D eigenvalue weighted by atomic mass is 10.3. The molecule has 0 spiro atoms. The predicted molar refractivity (Wildman–Crippen MR) is 101 cm³/mol. The number of fused-ring (bicyclic) bond motifs is 1. The van der Waals surface area contributed by atoms with Gasteiger partial charge in [0.1, 0.15) is 5.82 Å². The summed E-state index contributed by atoms with van der Waals surface area (Å²) < 4.78 is 20.0. The standard InChI is InChI=1S/C18H11BrFN3O2S/c19-16-7-6-14(25-16)17(24)23(10-12-3-1-2-8-21-12)18-22-13-5-4-11(20)9-15(13)26-18/h1-9H,10H2. The van der Waals surface area contributed by atoms with Crippen molar-refractivity contribution in [1.29, 1.82) is 0 Å². The fourth-order valence-electron chi connectivity index (χ4n) is 2.44. The zero-order chi connectivity index (χ0) is 18.1. The molecular formula is C18H11BrFN3O2S. The SMILES string of the molecule is O=C(c1ccc(Br)o1)N(Cc1ccccn1)c1nc2ccc(F)cc2s1. The molecular weight excluding hydrogens is 421 g/mol. The molecule has 0 aliphatic rings. The number of rotatable bonds is 4. The Balaban J connectivity index is 1.76. The molecule has 1 aromatic carbocycles. The Morgan fingerprint density at radius 3 is 2.85 bits per heavy atom. The van der Waals surface area contributed by atoms with Crippen LogP contribution in [0.3, 0.4) is 0 Å². The second kappa shape index (κ2) is 6.97. The van der Waals surface area contributed by atoms with Gasteiger partial charge in [-0.05, 0) is 58.4 Å². The number of hydrogen-bond donors (Lipinski definition) is 0. The number of halogens is 2. The van der Waals surface area contributed by atoms with Crippen LogP contribution in [0.2, 0.25) is 0 Å². The minimum atomic E-state index is -0.346. The van der Waals surface area contributed by atoms with E-state index in [1.165, 1.54) is 28.4 Å². The second-order valence-electron chi connectivity index (χ2n) is 5.42. The molecule has 0 fully saturated rings. The number of aromatic nitrogens is 2. The molecule has 8 heteroatoms. The van der Waals surface area contributed by atoms with E-state index in [4.69, 9.17) is 4.42 Å². The number of thiazole rings is 1. The molecule has 3 heterocycles.